The van der Waals surface area contributed by atoms with Gasteiger partial charge in [-0.3, -0.25) is 14.9 Å². The van der Waals surface area contributed by atoms with Gasteiger partial charge in [-0.1, -0.05) is 13.8 Å². The van der Waals surface area contributed by atoms with Gasteiger partial charge in [-0.2, -0.15) is 0 Å². The van der Waals surface area contributed by atoms with Gasteiger partial charge in [0.1, 0.15) is 0 Å². The van der Waals surface area contributed by atoms with Crippen LogP contribution in [0.4, 0.5) is 5.69 Å². The number of rotatable bonds is 6. The van der Waals surface area contributed by atoms with Crippen LogP contribution in [0.5, 0.6) is 5.75 Å². The van der Waals surface area contributed by atoms with Crippen molar-refractivity contribution in [3.8, 4) is 5.75 Å². The van der Waals surface area contributed by atoms with Crippen molar-refractivity contribution in [2.24, 2.45) is 11.3 Å². The quantitative estimate of drug-likeness (QED) is 0.429. The van der Waals surface area contributed by atoms with Gasteiger partial charge in [0.05, 0.1) is 12.0 Å². The van der Waals surface area contributed by atoms with Gasteiger partial charge in [0, 0.05) is 56.7 Å². The number of nitrogens with zero attached hydrogens (tertiary/aromatic N) is 2. The second kappa shape index (κ2) is 6.76. The van der Waals surface area contributed by atoms with E-state index in [4.69, 9.17) is 14.2 Å². The highest BCUT2D eigenvalue weighted by Crippen LogP contribution is 2.61. The van der Waals surface area contributed by atoms with Crippen molar-refractivity contribution in [2.75, 3.05) is 27.9 Å². The van der Waals surface area contributed by atoms with E-state index in [2.05, 4.69) is 13.8 Å². The highest BCUT2D eigenvalue weighted by atomic mass is 16.7. The third-order valence-electron chi connectivity index (χ3n) is 5.95. The van der Waals surface area contributed by atoms with Crippen molar-refractivity contribution < 1.29 is 23.9 Å². The molecule has 1 aliphatic heterocycles. The number of nitro benzene ring substituents is 1. The fourth-order valence-electron chi connectivity index (χ4n) is 4.86. The lowest BCUT2D eigenvalue weighted by atomic mass is 9.52. The van der Waals surface area contributed by atoms with Crippen LogP contribution in [0.15, 0.2) is 18.2 Å². The molecule has 1 saturated heterocycles. The number of hydrogen-bond acceptors (Lipinski definition) is 6. The first-order chi connectivity index (χ1) is 12.7. The second-order valence-electron chi connectivity index (χ2n) is 7.80. The minimum absolute atomic E-state index is 0.0196. The van der Waals surface area contributed by atoms with Gasteiger partial charge >= 0.3 is 5.69 Å². The lowest BCUT2D eigenvalue weighted by Crippen LogP contribution is -2.76. The summed E-state index contributed by atoms with van der Waals surface area (Å²) in [5.41, 5.74) is 0.0713. The fraction of sp³-hybridized carbons (Fsp3) is 0.632. The average molecular weight is 378 g/mol. The van der Waals surface area contributed by atoms with Gasteiger partial charge in [-0.15, -0.1) is 0 Å². The Morgan fingerprint density at radius 2 is 1.89 bits per heavy atom. The predicted octanol–water partition coefficient (Wildman–Crippen LogP) is 2.85. The van der Waals surface area contributed by atoms with Crippen molar-refractivity contribution >= 4 is 11.6 Å². The van der Waals surface area contributed by atoms with E-state index in [0.29, 0.717) is 12.1 Å². The maximum atomic E-state index is 13.0. The maximum absolute atomic E-state index is 13.0. The summed E-state index contributed by atoms with van der Waals surface area (Å²) in [6, 6.07) is 4.38. The molecule has 1 atom stereocenters. The molecule has 1 aliphatic carbocycles. The van der Waals surface area contributed by atoms with Crippen LogP contribution in [0.2, 0.25) is 0 Å². The molecule has 3 rings (SSSR count). The Kier molecular flexibility index (Phi) is 4.90. The first-order valence-electron chi connectivity index (χ1n) is 8.96. The Bertz CT molecular complexity index is 751. The van der Waals surface area contributed by atoms with Crippen molar-refractivity contribution in [1.82, 2.24) is 4.90 Å². The molecule has 0 aromatic heterocycles. The first kappa shape index (κ1) is 19.6. The zero-order chi connectivity index (χ0) is 20.0. The summed E-state index contributed by atoms with van der Waals surface area (Å²) in [7, 11) is 4.64. The van der Waals surface area contributed by atoms with Gasteiger partial charge in [-0.05, 0) is 18.1 Å². The van der Waals surface area contributed by atoms with E-state index in [1.165, 1.54) is 19.2 Å². The Labute approximate surface area is 158 Å². The summed E-state index contributed by atoms with van der Waals surface area (Å²) in [6.07, 6.45) is 1.48. The van der Waals surface area contributed by atoms with Crippen LogP contribution in [-0.2, 0) is 9.47 Å². The van der Waals surface area contributed by atoms with Crippen molar-refractivity contribution in [3.05, 3.63) is 33.9 Å². The molecule has 2 fully saturated rings. The SMILES string of the molecule is COc1ccc(C(=O)N2CC3(CC(OC)(OC)C3)C2C(C)C)cc1[N+](=O)[O-]. The third-order valence-corrected chi connectivity index (χ3v) is 5.95. The van der Waals surface area contributed by atoms with E-state index < -0.39 is 10.7 Å². The van der Waals surface area contributed by atoms with E-state index in [1.807, 2.05) is 4.90 Å². The molecule has 1 aromatic carbocycles. The molecule has 8 heteroatoms. The van der Waals surface area contributed by atoms with E-state index >= 15 is 0 Å². The van der Waals surface area contributed by atoms with Crippen molar-refractivity contribution in [2.45, 2.75) is 38.5 Å². The minimum atomic E-state index is -0.568. The zero-order valence-electron chi connectivity index (χ0n) is 16.4. The Morgan fingerprint density at radius 1 is 1.26 bits per heavy atom. The Hall–Kier alpha value is -2.19. The second-order valence-corrected chi connectivity index (χ2v) is 7.80. The van der Waals surface area contributed by atoms with Crippen molar-refractivity contribution in [1.29, 1.82) is 0 Å². The van der Waals surface area contributed by atoms with Gasteiger partial charge in [0.25, 0.3) is 5.91 Å². The molecule has 2 aliphatic rings. The zero-order valence-corrected chi connectivity index (χ0v) is 16.4. The van der Waals surface area contributed by atoms with Gasteiger partial charge < -0.3 is 19.1 Å². The number of amides is 1. The largest absolute Gasteiger partial charge is 0.490 e. The molecule has 0 radical (unpaired) electrons. The third kappa shape index (κ3) is 2.96. The standard InChI is InChI=1S/C19H26N2O6/c1-12(2)16-18(9-19(10-18,26-4)27-5)11-20(16)17(22)13-6-7-15(25-3)14(8-13)21(23)24/h6-8,12,16H,9-11H2,1-5H3. The summed E-state index contributed by atoms with van der Waals surface area (Å²) < 4.78 is 16.0. The van der Waals surface area contributed by atoms with Crippen LogP contribution >= 0.6 is 0 Å². The summed E-state index contributed by atoms with van der Waals surface area (Å²) in [5, 5.41) is 11.3. The minimum Gasteiger partial charge on any atom is -0.490 e. The number of hydrogen-bond donors (Lipinski definition) is 0. The molecule has 1 spiro atoms. The predicted molar refractivity (Wildman–Crippen MR) is 97.7 cm³/mol. The maximum Gasteiger partial charge on any atom is 0.311 e. The molecule has 1 aromatic rings. The highest BCUT2D eigenvalue weighted by Gasteiger charge is 2.67. The smallest absolute Gasteiger partial charge is 0.311 e. The molecule has 0 N–H and O–H groups in total. The summed E-state index contributed by atoms with van der Waals surface area (Å²) >= 11 is 0. The Balaban J connectivity index is 1.82. The molecular formula is C19H26N2O6. The average Bonchev–Trinajstić information content (AvgIpc) is 2.59. The van der Waals surface area contributed by atoms with Crippen LogP contribution < -0.4 is 4.74 Å². The number of likely N-dealkylation sites (tertiary alicyclic amines) is 1. The molecule has 148 valence electrons. The van der Waals surface area contributed by atoms with E-state index in [9.17, 15) is 14.9 Å². The molecule has 1 saturated carbocycles. The lowest BCUT2D eigenvalue weighted by molar-refractivity contribution is -0.385. The molecule has 1 unspecified atom stereocenters. The van der Waals surface area contributed by atoms with Crippen molar-refractivity contribution in [3.63, 3.8) is 0 Å². The highest BCUT2D eigenvalue weighted by molar-refractivity contribution is 5.96. The molecular weight excluding hydrogens is 352 g/mol. The van der Waals surface area contributed by atoms with E-state index in [1.54, 1.807) is 20.3 Å². The van der Waals surface area contributed by atoms with Gasteiger partial charge in [0.2, 0.25) is 0 Å². The number of ether oxygens (including phenoxy) is 3. The number of benzene rings is 1. The van der Waals surface area contributed by atoms with Crippen LogP contribution in [0.3, 0.4) is 0 Å². The molecule has 1 heterocycles. The number of carbonyl (C=O) groups excluding carboxylic acids is 1. The number of methoxy groups -OCH3 is 3. The summed E-state index contributed by atoms with van der Waals surface area (Å²) in [5.74, 6) is -0.373. The topological polar surface area (TPSA) is 91.1 Å². The lowest BCUT2D eigenvalue weighted by Gasteiger charge is -2.68. The molecule has 0 bridgehead atoms. The van der Waals surface area contributed by atoms with Crippen LogP contribution in [0.25, 0.3) is 0 Å². The summed E-state index contributed by atoms with van der Waals surface area (Å²) in [4.78, 5) is 25.6. The molecule has 1 amide bonds. The summed E-state index contributed by atoms with van der Waals surface area (Å²) in [6.45, 7) is 4.77. The van der Waals surface area contributed by atoms with Crippen LogP contribution in [0.1, 0.15) is 37.0 Å². The first-order valence-corrected chi connectivity index (χ1v) is 8.96. The van der Waals surface area contributed by atoms with Gasteiger partial charge in [0.15, 0.2) is 11.5 Å². The van der Waals surface area contributed by atoms with E-state index in [-0.39, 0.29) is 34.7 Å². The van der Waals surface area contributed by atoms with E-state index in [0.717, 1.165) is 12.8 Å². The molecule has 27 heavy (non-hydrogen) atoms. The monoisotopic (exact) mass is 378 g/mol. The van der Waals surface area contributed by atoms with Crippen LogP contribution in [0, 0.1) is 21.4 Å². The number of carbonyl (C=O) groups is 1. The van der Waals surface area contributed by atoms with Gasteiger partial charge in [-0.25, -0.2) is 0 Å². The van der Waals surface area contributed by atoms with Crippen LogP contribution in [-0.4, -0.2) is 55.4 Å². The Morgan fingerprint density at radius 3 is 2.37 bits per heavy atom. The fourth-order valence-corrected chi connectivity index (χ4v) is 4.86. The number of nitro groups is 1. The normalized spacial score (nSPS) is 22.3. The molecule has 8 nitrogen and oxygen atoms in total.